The molecule has 0 N–H and O–H groups in total. The first-order valence-corrected chi connectivity index (χ1v) is 5.00. The zero-order valence-corrected chi connectivity index (χ0v) is 9.42. The summed E-state index contributed by atoms with van der Waals surface area (Å²) in [6.07, 6.45) is 3.23. The molecule has 0 amide bonds. The topological polar surface area (TPSA) is 17.1 Å². The Kier molecular flexibility index (Phi) is 2.49. The van der Waals surface area contributed by atoms with Crippen LogP contribution < -0.4 is 0 Å². The van der Waals surface area contributed by atoms with Crippen LogP contribution in [0, 0.1) is 5.41 Å². The third-order valence-electron chi connectivity index (χ3n) is 2.60. The summed E-state index contributed by atoms with van der Waals surface area (Å²) in [4.78, 5) is 11.0. The van der Waals surface area contributed by atoms with Crippen LogP contribution in [0.5, 0.6) is 0 Å². The zero-order valence-electron chi connectivity index (χ0n) is 11.4. The SMILES string of the molecule is [2H]C1CC(C)=C(/C=C/C(C)=O)C(C)(C)C1[2H]. The molecule has 1 heteroatoms. The predicted molar refractivity (Wildman–Crippen MR) is 60.2 cm³/mol. The largest absolute Gasteiger partial charge is 0.295 e. The Hall–Kier alpha value is -0.850. The maximum atomic E-state index is 11.0. The molecule has 0 fully saturated rings. The smallest absolute Gasteiger partial charge is 0.152 e. The third-order valence-corrected chi connectivity index (χ3v) is 2.60. The molecule has 0 aromatic rings. The lowest BCUT2D eigenvalue weighted by Gasteiger charge is -2.32. The molecule has 78 valence electrons. The van der Waals surface area contributed by atoms with Gasteiger partial charge in [-0.05, 0) is 50.1 Å². The average molecular weight is 194 g/mol. The van der Waals surface area contributed by atoms with Crippen LogP contribution >= 0.6 is 0 Å². The lowest BCUT2D eigenvalue weighted by Crippen LogP contribution is -2.19. The summed E-state index contributed by atoms with van der Waals surface area (Å²) in [5.74, 6) is 0.0191. The summed E-state index contributed by atoms with van der Waals surface area (Å²) >= 11 is 0. The van der Waals surface area contributed by atoms with Crippen LogP contribution in [0.4, 0.5) is 0 Å². The first-order valence-electron chi connectivity index (χ1n) is 6.15. The van der Waals surface area contributed by atoms with Gasteiger partial charge in [-0.2, -0.15) is 0 Å². The molecule has 1 aliphatic carbocycles. The molecule has 1 rings (SSSR count). The van der Waals surface area contributed by atoms with Gasteiger partial charge in [0, 0.05) is 2.74 Å². The van der Waals surface area contributed by atoms with E-state index in [4.69, 9.17) is 2.74 Å². The van der Waals surface area contributed by atoms with Crippen LogP contribution in [0.1, 0.15) is 49.7 Å². The summed E-state index contributed by atoms with van der Waals surface area (Å²) in [5.41, 5.74) is 1.83. The van der Waals surface area contributed by atoms with Crippen molar-refractivity contribution in [2.75, 3.05) is 0 Å². The molecule has 1 nitrogen and oxygen atoms in total. The summed E-state index contributed by atoms with van der Waals surface area (Å²) in [6, 6.07) is 0. The number of rotatable bonds is 2. The quantitative estimate of drug-likeness (QED) is 0.613. The van der Waals surface area contributed by atoms with Crippen molar-refractivity contribution in [3.05, 3.63) is 23.3 Å². The Balaban J connectivity index is 3.12. The number of allylic oxidation sites excluding steroid dienone is 4. The van der Waals surface area contributed by atoms with E-state index in [2.05, 4.69) is 0 Å². The molecule has 0 spiro atoms. The molecule has 2 unspecified atom stereocenters. The number of carbonyl (C=O) groups is 1. The van der Waals surface area contributed by atoms with E-state index in [1.165, 1.54) is 6.92 Å². The first kappa shape index (κ1) is 8.46. The molecule has 2 atom stereocenters. The van der Waals surface area contributed by atoms with Crippen molar-refractivity contribution in [2.24, 2.45) is 5.41 Å². The summed E-state index contributed by atoms with van der Waals surface area (Å²) in [5, 5.41) is 0. The van der Waals surface area contributed by atoms with Gasteiger partial charge >= 0.3 is 0 Å². The van der Waals surface area contributed by atoms with E-state index in [0.29, 0.717) is 6.42 Å². The Bertz CT molecular complexity index is 353. The van der Waals surface area contributed by atoms with Gasteiger partial charge in [-0.1, -0.05) is 25.5 Å². The highest BCUT2D eigenvalue weighted by molar-refractivity contribution is 5.87. The van der Waals surface area contributed by atoms with Gasteiger partial charge in [0.05, 0.1) is 0 Å². The summed E-state index contributed by atoms with van der Waals surface area (Å²) in [6.45, 7) is 7.48. The van der Waals surface area contributed by atoms with Gasteiger partial charge in [0.15, 0.2) is 5.78 Å². The van der Waals surface area contributed by atoms with E-state index < -0.39 is 6.40 Å². The van der Waals surface area contributed by atoms with E-state index in [0.717, 1.165) is 11.1 Å². The van der Waals surface area contributed by atoms with Crippen molar-refractivity contribution in [1.82, 2.24) is 0 Å². The fourth-order valence-corrected chi connectivity index (χ4v) is 1.84. The van der Waals surface area contributed by atoms with Crippen molar-refractivity contribution >= 4 is 5.78 Å². The van der Waals surface area contributed by atoms with Crippen molar-refractivity contribution in [2.45, 2.75) is 46.9 Å². The minimum Gasteiger partial charge on any atom is -0.295 e. The van der Waals surface area contributed by atoms with E-state index >= 15 is 0 Å². The monoisotopic (exact) mass is 194 g/mol. The normalized spacial score (nSPS) is 34.3. The minimum atomic E-state index is -0.428. The van der Waals surface area contributed by atoms with Crippen LogP contribution in [0.15, 0.2) is 23.3 Å². The van der Waals surface area contributed by atoms with Crippen LogP contribution in [-0.2, 0) is 4.79 Å². The fraction of sp³-hybridized carbons (Fsp3) is 0.615. The minimum absolute atomic E-state index is 0.0191. The molecular weight excluding hydrogens is 172 g/mol. The highest BCUT2D eigenvalue weighted by atomic mass is 16.1. The second kappa shape index (κ2) is 4.12. The van der Waals surface area contributed by atoms with Gasteiger partial charge < -0.3 is 0 Å². The molecule has 14 heavy (non-hydrogen) atoms. The lowest BCUT2D eigenvalue weighted by molar-refractivity contribution is -0.112. The van der Waals surface area contributed by atoms with E-state index in [9.17, 15) is 4.79 Å². The Morgan fingerprint density at radius 2 is 2.21 bits per heavy atom. The Labute approximate surface area is 89.7 Å². The summed E-state index contributed by atoms with van der Waals surface area (Å²) in [7, 11) is 0. The molecule has 0 aromatic carbocycles. The number of hydrogen-bond acceptors (Lipinski definition) is 1. The van der Waals surface area contributed by atoms with Crippen LogP contribution in [0.25, 0.3) is 0 Å². The molecular formula is C13H20O. The second-order valence-electron chi connectivity index (χ2n) is 4.47. The molecule has 0 saturated carbocycles. The van der Waals surface area contributed by atoms with E-state index in [1.54, 1.807) is 6.08 Å². The van der Waals surface area contributed by atoms with Gasteiger partial charge in [0.25, 0.3) is 0 Å². The van der Waals surface area contributed by atoms with Gasteiger partial charge in [0.1, 0.15) is 0 Å². The first-order chi connectivity index (χ1) is 7.26. The van der Waals surface area contributed by atoms with Gasteiger partial charge in [-0.3, -0.25) is 4.79 Å². The predicted octanol–water partition coefficient (Wildman–Crippen LogP) is 3.66. The fourth-order valence-electron chi connectivity index (χ4n) is 1.84. The molecule has 1 aliphatic rings. The molecule has 0 heterocycles. The highest BCUT2D eigenvalue weighted by Crippen LogP contribution is 2.40. The Morgan fingerprint density at radius 1 is 1.57 bits per heavy atom. The van der Waals surface area contributed by atoms with Crippen molar-refractivity contribution < 1.29 is 7.54 Å². The number of ketones is 1. The van der Waals surface area contributed by atoms with Crippen molar-refractivity contribution in [3.8, 4) is 0 Å². The average Bonchev–Trinajstić information content (AvgIpc) is 2.13. The highest BCUT2D eigenvalue weighted by Gasteiger charge is 2.26. The standard InChI is InChI=1S/C13H20O/c1-10-6-5-9-13(3,4)12(10)8-7-11(2)14/h7-8H,5-6,9H2,1-4H3/b8-7+/i5D,9D. The maximum absolute atomic E-state index is 11.0. The van der Waals surface area contributed by atoms with Gasteiger partial charge in [-0.15, -0.1) is 0 Å². The summed E-state index contributed by atoms with van der Waals surface area (Å²) < 4.78 is 15.9. The number of hydrogen-bond donors (Lipinski definition) is 0. The van der Waals surface area contributed by atoms with Gasteiger partial charge in [0.2, 0.25) is 0 Å². The van der Waals surface area contributed by atoms with Crippen LogP contribution in [0.2, 0.25) is 0 Å². The molecule has 0 radical (unpaired) electrons. The zero-order chi connectivity index (χ0) is 12.5. The second-order valence-corrected chi connectivity index (χ2v) is 4.47. The van der Waals surface area contributed by atoms with Crippen molar-refractivity contribution in [1.29, 1.82) is 0 Å². The third kappa shape index (κ3) is 2.57. The van der Waals surface area contributed by atoms with Gasteiger partial charge in [-0.25, -0.2) is 0 Å². The Morgan fingerprint density at radius 3 is 2.79 bits per heavy atom. The maximum Gasteiger partial charge on any atom is 0.152 e. The molecule has 0 aliphatic heterocycles. The van der Waals surface area contributed by atoms with Crippen molar-refractivity contribution in [3.63, 3.8) is 0 Å². The van der Waals surface area contributed by atoms with E-state index in [-0.39, 0.29) is 17.6 Å². The molecule has 0 bridgehead atoms. The number of carbonyl (C=O) groups excluding carboxylic acids is 1. The lowest BCUT2D eigenvalue weighted by atomic mass is 9.72. The van der Waals surface area contributed by atoms with Crippen LogP contribution in [0.3, 0.4) is 0 Å². The molecule has 0 aromatic heterocycles. The van der Waals surface area contributed by atoms with E-state index in [1.807, 2.05) is 26.8 Å². The molecule has 0 saturated heterocycles. The van der Waals surface area contributed by atoms with Crippen LogP contribution in [-0.4, -0.2) is 5.78 Å².